The molecule has 10 nitrogen and oxygen atoms in total. The van der Waals surface area contributed by atoms with Crippen LogP contribution in [0.1, 0.15) is 48.8 Å². The van der Waals surface area contributed by atoms with Crippen LogP contribution < -0.4 is 21.1 Å². The van der Waals surface area contributed by atoms with Crippen LogP contribution in [0.3, 0.4) is 0 Å². The first-order valence-corrected chi connectivity index (χ1v) is 12.8. The van der Waals surface area contributed by atoms with Crippen molar-refractivity contribution in [1.82, 2.24) is 19.5 Å². The summed E-state index contributed by atoms with van der Waals surface area (Å²) in [6.07, 6.45) is 8.90. The van der Waals surface area contributed by atoms with Crippen molar-refractivity contribution < 1.29 is 14.6 Å². The SMILES string of the molecule is CCc1nc(C(N)=O)c(Nc2ccc(Oc3ccc(-n4ccnc4)cc3)cc2)nc1N[C@H]1CC[C@H](O)CC1. The van der Waals surface area contributed by atoms with E-state index in [4.69, 9.17) is 15.5 Å². The number of primary amides is 1. The Morgan fingerprint density at radius 1 is 1.03 bits per heavy atom. The summed E-state index contributed by atoms with van der Waals surface area (Å²) in [6, 6.07) is 15.2. The fraction of sp³-hybridized carbons (Fsp3) is 0.286. The van der Waals surface area contributed by atoms with E-state index in [1.807, 2.05) is 66.2 Å². The number of aryl methyl sites for hydroxylation is 1. The topological polar surface area (TPSA) is 140 Å². The molecular formula is C28H31N7O3. The van der Waals surface area contributed by atoms with Gasteiger partial charge >= 0.3 is 0 Å². The van der Waals surface area contributed by atoms with Gasteiger partial charge < -0.3 is 30.8 Å². The summed E-state index contributed by atoms with van der Waals surface area (Å²) in [5, 5.41) is 16.5. The van der Waals surface area contributed by atoms with Crippen LogP contribution in [-0.4, -0.2) is 42.7 Å². The number of rotatable bonds is 9. The minimum atomic E-state index is -0.652. The second-order valence-electron chi connectivity index (χ2n) is 9.30. The molecule has 1 saturated carbocycles. The fourth-order valence-electron chi connectivity index (χ4n) is 4.48. The van der Waals surface area contributed by atoms with Crippen LogP contribution in [0.25, 0.3) is 5.69 Å². The highest BCUT2D eigenvalue weighted by molar-refractivity contribution is 5.96. The molecule has 0 spiro atoms. The van der Waals surface area contributed by atoms with Crippen molar-refractivity contribution in [3.8, 4) is 17.2 Å². The van der Waals surface area contributed by atoms with E-state index in [0.717, 1.165) is 31.4 Å². The molecule has 0 aliphatic heterocycles. The number of aromatic nitrogens is 4. The maximum atomic E-state index is 12.2. The van der Waals surface area contributed by atoms with E-state index >= 15 is 0 Å². The van der Waals surface area contributed by atoms with Gasteiger partial charge in [0.15, 0.2) is 11.5 Å². The molecule has 4 aromatic rings. The smallest absolute Gasteiger partial charge is 0.271 e. The number of aliphatic hydroxyl groups excluding tert-OH is 1. The third-order valence-corrected chi connectivity index (χ3v) is 6.57. The summed E-state index contributed by atoms with van der Waals surface area (Å²) in [4.78, 5) is 25.5. The number of carbonyl (C=O) groups is 1. The molecule has 0 radical (unpaired) electrons. The van der Waals surface area contributed by atoms with Crippen molar-refractivity contribution >= 4 is 23.2 Å². The summed E-state index contributed by atoms with van der Waals surface area (Å²) >= 11 is 0. The molecule has 1 fully saturated rings. The van der Waals surface area contributed by atoms with Gasteiger partial charge in [0.2, 0.25) is 0 Å². The number of nitrogens with zero attached hydrogens (tertiary/aromatic N) is 4. The summed E-state index contributed by atoms with van der Waals surface area (Å²) in [6.45, 7) is 1.96. The molecule has 5 rings (SSSR count). The van der Waals surface area contributed by atoms with Crippen molar-refractivity contribution in [3.63, 3.8) is 0 Å². The van der Waals surface area contributed by atoms with Gasteiger partial charge in [0, 0.05) is 29.8 Å². The van der Waals surface area contributed by atoms with Gasteiger partial charge in [0.25, 0.3) is 5.91 Å². The van der Waals surface area contributed by atoms with Crippen molar-refractivity contribution in [2.45, 2.75) is 51.2 Å². The molecule has 5 N–H and O–H groups in total. The maximum Gasteiger partial charge on any atom is 0.271 e. The zero-order chi connectivity index (χ0) is 26.5. The number of hydrogen-bond acceptors (Lipinski definition) is 8. The van der Waals surface area contributed by atoms with Gasteiger partial charge in [-0.2, -0.15) is 0 Å². The lowest BCUT2D eigenvalue weighted by atomic mass is 9.93. The number of nitrogens with one attached hydrogen (secondary N) is 2. The zero-order valence-electron chi connectivity index (χ0n) is 21.2. The van der Waals surface area contributed by atoms with Crippen LogP contribution in [0.15, 0.2) is 67.3 Å². The van der Waals surface area contributed by atoms with Crippen LogP contribution in [0.4, 0.5) is 17.3 Å². The lowest BCUT2D eigenvalue weighted by Gasteiger charge is -2.27. The van der Waals surface area contributed by atoms with E-state index in [2.05, 4.69) is 20.6 Å². The summed E-state index contributed by atoms with van der Waals surface area (Å²) in [7, 11) is 0. The molecule has 2 aromatic carbocycles. The quantitative estimate of drug-likeness (QED) is 0.255. The molecule has 0 saturated heterocycles. The predicted octanol–water partition coefficient (Wildman–Crippen LogP) is 4.57. The van der Waals surface area contributed by atoms with Gasteiger partial charge in [-0.05, 0) is 80.6 Å². The minimum absolute atomic E-state index is 0.0878. The van der Waals surface area contributed by atoms with Crippen molar-refractivity contribution in [1.29, 1.82) is 0 Å². The number of aliphatic hydroxyl groups is 1. The Morgan fingerprint density at radius 3 is 2.32 bits per heavy atom. The zero-order valence-corrected chi connectivity index (χ0v) is 21.2. The normalized spacial score (nSPS) is 17.1. The molecule has 10 heteroatoms. The number of amides is 1. The van der Waals surface area contributed by atoms with Crippen LogP contribution in [0.2, 0.25) is 0 Å². The predicted molar refractivity (Wildman–Crippen MR) is 145 cm³/mol. The number of benzene rings is 2. The fourth-order valence-corrected chi connectivity index (χ4v) is 4.48. The van der Waals surface area contributed by atoms with Crippen molar-refractivity contribution in [2.24, 2.45) is 5.73 Å². The molecule has 1 aliphatic carbocycles. The highest BCUT2D eigenvalue weighted by Gasteiger charge is 2.23. The van der Waals surface area contributed by atoms with Gasteiger partial charge in [0.1, 0.15) is 17.3 Å². The first-order valence-electron chi connectivity index (χ1n) is 12.8. The Labute approximate surface area is 220 Å². The molecule has 0 atom stereocenters. The van der Waals surface area contributed by atoms with Crippen molar-refractivity contribution in [2.75, 3.05) is 10.6 Å². The van der Waals surface area contributed by atoms with E-state index < -0.39 is 5.91 Å². The maximum absolute atomic E-state index is 12.2. The molecule has 1 amide bonds. The number of anilines is 3. The standard InChI is InChI=1S/C28H31N7O3/c1-2-24-27(31-18-3-9-21(36)10-4-18)34-28(25(33-24)26(29)37)32-19-5-11-22(12-6-19)38-23-13-7-20(8-14-23)35-16-15-30-17-35/h5-8,11-18,21,36H,2-4,9-10H2,1H3,(H2,29,37)(H2,31,32,34)/t18-,21-. The van der Waals surface area contributed by atoms with E-state index in [1.165, 1.54) is 0 Å². The van der Waals surface area contributed by atoms with Gasteiger partial charge in [-0.3, -0.25) is 4.79 Å². The molecule has 0 unspecified atom stereocenters. The van der Waals surface area contributed by atoms with Gasteiger partial charge in [-0.1, -0.05) is 6.92 Å². The minimum Gasteiger partial charge on any atom is -0.457 e. The van der Waals surface area contributed by atoms with Gasteiger partial charge in [-0.25, -0.2) is 15.0 Å². The van der Waals surface area contributed by atoms with Crippen LogP contribution >= 0.6 is 0 Å². The lowest BCUT2D eigenvalue weighted by Crippen LogP contribution is -2.29. The monoisotopic (exact) mass is 513 g/mol. The van der Waals surface area contributed by atoms with Crippen LogP contribution in [0, 0.1) is 0 Å². The van der Waals surface area contributed by atoms with E-state index in [0.29, 0.717) is 35.1 Å². The highest BCUT2D eigenvalue weighted by atomic mass is 16.5. The second kappa shape index (κ2) is 11.3. The Kier molecular flexibility index (Phi) is 7.50. The molecule has 38 heavy (non-hydrogen) atoms. The van der Waals surface area contributed by atoms with Crippen LogP contribution in [-0.2, 0) is 6.42 Å². The van der Waals surface area contributed by atoms with E-state index in [1.54, 1.807) is 12.5 Å². The second-order valence-corrected chi connectivity index (χ2v) is 9.30. The molecule has 196 valence electrons. The summed E-state index contributed by atoms with van der Waals surface area (Å²) in [5.41, 5.74) is 8.10. The number of carbonyl (C=O) groups excluding carboxylic acids is 1. The summed E-state index contributed by atoms with van der Waals surface area (Å²) < 4.78 is 7.89. The number of hydrogen-bond donors (Lipinski definition) is 4. The average Bonchev–Trinajstić information content (AvgIpc) is 3.47. The molecule has 2 aromatic heterocycles. The number of imidazole rings is 1. The average molecular weight is 514 g/mol. The number of ether oxygens (including phenoxy) is 1. The van der Waals surface area contributed by atoms with Gasteiger partial charge in [0.05, 0.1) is 18.1 Å². The van der Waals surface area contributed by atoms with Gasteiger partial charge in [-0.15, -0.1) is 0 Å². The third kappa shape index (κ3) is 5.92. The summed E-state index contributed by atoms with van der Waals surface area (Å²) in [5.74, 6) is 1.63. The Bertz CT molecular complexity index is 1370. The van der Waals surface area contributed by atoms with E-state index in [9.17, 15) is 9.90 Å². The first-order chi connectivity index (χ1) is 18.5. The Balaban J connectivity index is 1.30. The number of nitrogens with two attached hydrogens (primary N) is 1. The molecular weight excluding hydrogens is 482 g/mol. The Morgan fingerprint density at radius 2 is 1.71 bits per heavy atom. The molecule has 0 bridgehead atoms. The first kappa shape index (κ1) is 25.2. The molecule has 2 heterocycles. The third-order valence-electron chi connectivity index (χ3n) is 6.57. The Hall–Kier alpha value is -4.44. The van der Waals surface area contributed by atoms with Crippen LogP contribution in [0.5, 0.6) is 11.5 Å². The largest absolute Gasteiger partial charge is 0.457 e. The van der Waals surface area contributed by atoms with E-state index in [-0.39, 0.29) is 23.7 Å². The highest BCUT2D eigenvalue weighted by Crippen LogP contribution is 2.28. The lowest BCUT2D eigenvalue weighted by molar-refractivity contribution is 0.0996. The molecule has 1 aliphatic rings. The van der Waals surface area contributed by atoms with Crippen molar-refractivity contribution in [3.05, 3.63) is 78.6 Å².